The maximum Gasteiger partial charge on any atom is 0.314 e. The van der Waals surface area contributed by atoms with Crippen LogP contribution in [-0.2, 0) is 14.3 Å². The SMILES string of the molecule is CCOC(=O)[C@]12C[C@H]1CN[C@@H]2COC. The molecule has 4 heteroatoms. The average Bonchev–Trinajstić information content (AvgIpc) is 2.81. The van der Waals surface area contributed by atoms with Gasteiger partial charge in [0.25, 0.3) is 0 Å². The van der Waals surface area contributed by atoms with Crippen molar-refractivity contribution in [2.45, 2.75) is 19.4 Å². The van der Waals surface area contributed by atoms with Gasteiger partial charge in [-0.1, -0.05) is 0 Å². The van der Waals surface area contributed by atoms with E-state index in [1.807, 2.05) is 6.92 Å². The maximum atomic E-state index is 11.8. The zero-order valence-corrected chi connectivity index (χ0v) is 8.71. The average molecular weight is 199 g/mol. The van der Waals surface area contributed by atoms with Crippen LogP contribution in [-0.4, -0.2) is 38.9 Å². The van der Waals surface area contributed by atoms with Crippen molar-refractivity contribution < 1.29 is 14.3 Å². The molecular weight excluding hydrogens is 182 g/mol. The quantitative estimate of drug-likeness (QED) is 0.656. The second kappa shape index (κ2) is 3.51. The molecule has 1 saturated carbocycles. The highest BCUT2D eigenvalue weighted by Gasteiger charge is 2.68. The summed E-state index contributed by atoms with van der Waals surface area (Å²) in [6.45, 7) is 3.83. The highest BCUT2D eigenvalue weighted by molar-refractivity contribution is 5.82. The summed E-state index contributed by atoms with van der Waals surface area (Å²) in [7, 11) is 1.66. The molecule has 1 aliphatic heterocycles. The summed E-state index contributed by atoms with van der Waals surface area (Å²) in [5, 5.41) is 3.31. The van der Waals surface area contributed by atoms with Crippen LogP contribution in [0.25, 0.3) is 0 Å². The van der Waals surface area contributed by atoms with Gasteiger partial charge in [0.15, 0.2) is 0 Å². The number of rotatable bonds is 4. The van der Waals surface area contributed by atoms with E-state index in [2.05, 4.69) is 5.32 Å². The Morgan fingerprint density at radius 3 is 3.00 bits per heavy atom. The summed E-state index contributed by atoms with van der Waals surface area (Å²) in [4.78, 5) is 11.8. The summed E-state index contributed by atoms with van der Waals surface area (Å²) in [5.41, 5.74) is -0.258. The van der Waals surface area contributed by atoms with Gasteiger partial charge < -0.3 is 14.8 Å². The van der Waals surface area contributed by atoms with E-state index >= 15 is 0 Å². The molecule has 0 spiro atoms. The van der Waals surface area contributed by atoms with Crippen molar-refractivity contribution in [3.8, 4) is 0 Å². The van der Waals surface area contributed by atoms with Gasteiger partial charge in [0.05, 0.1) is 18.6 Å². The number of piperidine rings is 1. The lowest BCUT2D eigenvalue weighted by Crippen LogP contribution is -2.41. The van der Waals surface area contributed by atoms with Gasteiger partial charge in [-0.05, 0) is 25.8 Å². The fraction of sp³-hybridized carbons (Fsp3) is 0.900. The molecule has 1 aliphatic carbocycles. The zero-order valence-electron chi connectivity index (χ0n) is 8.71. The Hall–Kier alpha value is -0.610. The molecule has 0 amide bonds. The summed E-state index contributed by atoms with van der Waals surface area (Å²) in [6, 6.07) is 0.150. The Balaban J connectivity index is 2.04. The molecule has 0 aromatic carbocycles. The molecule has 3 atom stereocenters. The lowest BCUT2D eigenvalue weighted by atomic mass is 9.97. The largest absolute Gasteiger partial charge is 0.466 e. The van der Waals surface area contributed by atoms with E-state index in [-0.39, 0.29) is 17.4 Å². The molecule has 0 aromatic rings. The van der Waals surface area contributed by atoms with Crippen molar-refractivity contribution in [3.05, 3.63) is 0 Å². The number of carbonyl (C=O) groups is 1. The molecule has 0 aromatic heterocycles. The Morgan fingerprint density at radius 1 is 1.64 bits per heavy atom. The standard InChI is InChI=1S/C10H17NO3/c1-3-14-9(12)10-4-7(10)5-11-8(10)6-13-2/h7-8,11H,3-6H2,1-2H3/t7-,8+,10+/m0/s1. The lowest BCUT2D eigenvalue weighted by Gasteiger charge is -2.20. The summed E-state index contributed by atoms with van der Waals surface area (Å²) >= 11 is 0. The Labute approximate surface area is 84.0 Å². The van der Waals surface area contributed by atoms with E-state index in [0.717, 1.165) is 13.0 Å². The second-order valence-corrected chi connectivity index (χ2v) is 4.08. The van der Waals surface area contributed by atoms with Crippen LogP contribution in [0.15, 0.2) is 0 Å². The predicted octanol–water partition coefficient (Wildman–Crippen LogP) is 0.174. The number of nitrogens with one attached hydrogen (secondary N) is 1. The van der Waals surface area contributed by atoms with Crippen molar-refractivity contribution in [3.63, 3.8) is 0 Å². The lowest BCUT2D eigenvalue weighted by molar-refractivity contribution is -0.151. The van der Waals surface area contributed by atoms with Gasteiger partial charge in [-0.15, -0.1) is 0 Å². The van der Waals surface area contributed by atoms with Crippen LogP contribution in [0.5, 0.6) is 0 Å². The third-order valence-corrected chi connectivity index (χ3v) is 3.37. The topological polar surface area (TPSA) is 47.6 Å². The molecule has 1 heterocycles. The molecule has 1 saturated heterocycles. The number of hydrogen-bond acceptors (Lipinski definition) is 4. The monoisotopic (exact) mass is 199 g/mol. The van der Waals surface area contributed by atoms with E-state index in [1.54, 1.807) is 7.11 Å². The van der Waals surface area contributed by atoms with Crippen molar-refractivity contribution in [1.82, 2.24) is 5.32 Å². The van der Waals surface area contributed by atoms with Gasteiger partial charge in [-0.25, -0.2) is 0 Å². The zero-order chi connectivity index (χ0) is 10.2. The summed E-state index contributed by atoms with van der Waals surface area (Å²) in [5.74, 6) is 0.429. The first kappa shape index (κ1) is 9.93. The fourth-order valence-corrected chi connectivity index (χ4v) is 2.53. The highest BCUT2D eigenvalue weighted by atomic mass is 16.5. The van der Waals surface area contributed by atoms with Crippen LogP contribution in [0.1, 0.15) is 13.3 Å². The smallest absolute Gasteiger partial charge is 0.314 e. The van der Waals surface area contributed by atoms with E-state index in [0.29, 0.717) is 19.1 Å². The van der Waals surface area contributed by atoms with Crippen LogP contribution in [0.3, 0.4) is 0 Å². The van der Waals surface area contributed by atoms with Crippen LogP contribution < -0.4 is 5.32 Å². The molecule has 1 N–H and O–H groups in total. The minimum absolute atomic E-state index is 0.0444. The molecular formula is C10H17NO3. The molecule has 2 aliphatic rings. The van der Waals surface area contributed by atoms with Gasteiger partial charge in [0, 0.05) is 13.2 Å². The van der Waals surface area contributed by atoms with Crippen molar-refractivity contribution in [2.24, 2.45) is 11.3 Å². The van der Waals surface area contributed by atoms with Crippen LogP contribution in [0.4, 0.5) is 0 Å². The first-order chi connectivity index (χ1) is 6.75. The molecule has 2 fully saturated rings. The minimum Gasteiger partial charge on any atom is -0.466 e. The molecule has 0 unspecified atom stereocenters. The molecule has 80 valence electrons. The second-order valence-electron chi connectivity index (χ2n) is 4.08. The number of fused-ring (bicyclic) bond motifs is 1. The molecule has 2 rings (SSSR count). The Bertz CT molecular complexity index is 244. The van der Waals surface area contributed by atoms with Gasteiger partial charge >= 0.3 is 5.97 Å². The Morgan fingerprint density at radius 2 is 2.43 bits per heavy atom. The third-order valence-electron chi connectivity index (χ3n) is 3.37. The number of esters is 1. The minimum atomic E-state index is -0.258. The highest BCUT2D eigenvalue weighted by Crippen LogP contribution is 2.59. The van der Waals surface area contributed by atoms with Gasteiger partial charge in [-0.3, -0.25) is 4.79 Å². The molecule has 4 nitrogen and oxygen atoms in total. The van der Waals surface area contributed by atoms with Gasteiger partial charge in [0.1, 0.15) is 0 Å². The Kier molecular flexibility index (Phi) is 2.49. The predicted molar refractivity (Wildman–Crippen MR) is 50.8 cm³/mol. The van der Waals surface area contributed by atoms with Crippen LogP contribution in [0, 0.1) is 11.3 Å². The summed E-state index contributed by atoms with van der Waals surface area (Å²) < 4.78 is 10.2. The molecule has 0 bridgehead atoms. The van der Waals surface area contributed by atoms with E-state index < -0.39 is 0 Å². The number of ether oxygens (including phenoxy) is 2. The van der Waals surface area contributed by atoms with Crippen LogP contribution in [0.2, 0.25) is 0 Å². The molecule has 14 heavy (non-hydrogen) atoms. The van der Waals surface area contributed by atoms with Crippen molar-refractivity contribution in [2.75, 3.05) is 26.9 Å². The fourth-order valence-electron chi connectivity index (χ4n) is 2.53. The van der Waals surface area contributed by atoms with Crippen molar-refractivity contribution >= 4 is 5.97 Å². The van der Waals surface area contributed by atoms with E-state index in [1.165, 1.54) is 0 Å². The van der Waals surface area contributed by atoms with Gasteiger partial charge in [-0.2, -0.15) is 0 Å². The third kappa shape index (κ3) is 1.25. The van der Waals surface area contributed by atoms with Crippen molar-refractivity contribution in [1.29, 1.82) is 0 Å². The number of hydrogen-bond donors (Lipinski definition) is 1. The number of carbonyl (C=O) groups excluding carboxylic acids is 1. The van der Waals surface area contributed by atoms with Crippen LogP contribution >= 0.6 is 0 Å². The van der Waals surface area contributed by atoms with E-state index in [4.69, 9.17) is 9.47 Å². The maximum absolute atomic E-state index is 11.8. The first-order valence-electron chi connectivity index (χ1n) is 5.15. The summed E-state index contributed by atoms with van der Waals surface area (Å²) in [6.07, 6.45) is 0.965. The molecule has 0 radical (unpaired) electrons. The normalized spacial score (nSPS) is 39.3. The van der Waals surface area contributed by atoms with E-state index in [9.17, 15) is 4.79 Å². The van der Waals surface area contributed by atoms with Gasteiger partial charge in [0.2, 0.25) is 0 Å². The number of methoxy groups -OCH3 is 1. The first-order valence-corrected chi connectivity index (χ1v) is 5.15.